The maximum absolute atomic E-state index is 11.3. The van der Waals surface area contributed by atoms with Crippen LogP contribution in [-0.4, -0.2) is 12.0 Å². The average molecular weight is 446 g/mol. The van der Waals surface area contributed by atoms with Crippen molar-refractivity contribution in [2.45, 2.75) is 34.1 Å². The molecule has 3 rings (SSSR count). The summed E-state index contributed by atoms with van der Waals surface area (Å²) < 4.78 is 5.46. The second-order valence-corrected chi connectivity index (χ2v) is 8.22. The Balaban J connectivity index is 1.85. The molecule has 0 amide bonds. The third-order valence-corrected chi connectivity index (χ3v) is 4.94. The molecule has 0 aromatic heterocycles. The van der Waals surface area contributed by atoms with Crippen molar-refractivity contribution in [2.24, 2.45) is 26.4 Å². The molecule has 3 aromatic rings. The molecule has 0 spiro atoms. The van der Waals surface area contributed by atoms with Crippen LogP contribution in [0, 0.1) is 29.9 Å². The highest BCUT2D eigenvalue weighted by molar-refractivity contribution is 5.64. The van der Waals surface area contributed by atoms with E-state index < -0.39 is 4.92 Å². The van der Waals surface area contributed by atoms with Gasteiger partial charge in [0.25, 0.3) is 5.69 Å². The van der Waals surface area contributed by atoms with Crippen molar-refractivity contribution in [1.82, 2.24) is 0 Å². The molecule has 0 atom stereocenters. The number of hydrogen-bond acceptors (Lipinski definition) is 7. The van der Waals surface area contributed by atoms with Gasteiger partial charge >= 0.3 is 0 Å². The molecule has 0 unspecified atom stereocenters. The van der Waals surface area contributed by atoms with E-state index >= 15 is 0 Å². The van der Waals surface area contributed by atoms with Gasteiger partial charge in [-0.2, -0.15) is 5.11 Å². The summed E-state index contributed by atoms with van der Waals surface area (Å²) in [7, 11) is 1.54. The molecule has 0 saturated heterocycles. The molecule has 170 valence electrons. The molecule has 0 radical (unpaired) electrons. The van der Waals surface area contributed by atoms with E-state index in [1.54, 1.807) is 31.2 Å². The number of benzene rings is 3. The lowest BCUT2D eigenvalue weighted by Crippen LogP contribution is -1.92. The molecule has 0 aliphatic rings. The zero-order chi connectivity index (χ0) is 24.0. The van der Waals surface area contributed by atoms with Crippen molar-refractivity contribution in [3.8, 4) is 5.75 Å². The average Bonchev–Trinajstić information content (AvgIpc) is 2.78. The van der Waals surface area contributed by atoms with Crippen molar-refractivity contribution in [1.29, 1.82) is 0 Å². The number of azo groups is 2. The minimum atomic E-state index is -0.465. The van der Waals surface area contributed by atoms with E-state index in [2.05, 4.69) is 46.4 Å². The first-order chi connectivity index (χ1) is 15.8. The summed E-state index contributed by atoms with van der Waals surface area (Å²) in [6, 6.07) is 16.3. The van der Waals surface area contributed by atoms with Gasteiger partial charge in [0.2, 0.25) is 0 Å². The van der Waals surface area contributed by atoms with Crippen LogP contribution in [0.4, 0.5) is 28.4 Å². The standard InChI is InChI=1S/C25H27N5O3/c1-16(2)12-19-7-9-20(10-8-19)26-29-23-14-18(4)22(15-25(23)33-5)28-27-21-11-6-17(3)13-24(21)30(31)32/h6-11,13-16H,12H2,1-5H3. The highest BCUT2D eigenvalue weighted by Crippen LogP contribution is 2.37. The summed E-state index contributed by atoms with van der Waals surface area (Å²) >= 11 is 0. The lowest BCUT2D eigenvalue weighted by Gasteiger charge is -2.07. The Bertz CT molecular complexity index is 1200. The third-order valence-electron chi connectivity index (χ3n) is 4.94. The minimum Gasteiger partial charge on any atom is -0.494 e. The van der Waals surface area contributed by atoms with Crippen LogP contribution in [0.2, 0.25) is 0 Å². The molecular weight excluding hydrogens is 418 g/mol. The van der Waals surface area contributed by atoms with E-state index in [1.165, 1.54) is 18.7 Å². The Morgan fingerprint density at radius 1 is 0.879 bits per heavy atom. The number of nitrogens with zero attached hydrogens (tertiary/aromatic N) is 5. The van der Waals surface area contributed by atoms with Crippen LogP contribution in [0.5, 0.6) is 5.75 Å². The molecule has 33 heavy (non-hydrogen) atoms. The highest BCUT2D eigenvalue weighted by Gasteiger charge is 2.14. The van der Waals surface area contributed by atoms with Gasteiger partial charge in [0.15, 0.2) is 5.69 Å². The molecule has 8 heteroatoms. The number of hydrogen-bond donors (Lipinski definition) is 0. The van der Waals surface area contributed by atoms with Crippen molar-refractivity contribution in [3.63, 3.8) is 0 Å². The second-order valence-electron chi connectivity index (χ2n) is 8.22. The van der Waals surface area contributed by atoms with Crippen LogP contribution in [0.15, 0.2) is 75.1 Å². The van der Waals surface area contributed by atoms with Gasteiger partial charge in [0.05, 0.1) is 23.4 Å². The normalized spacial score (nSPS) is 11.6. The van der Waals surface area contributed by atoms with E-state index in [9.17, 15) is 10.1 Å². The fraction of sp³-hybridized carbons (Fsp3) is 0.280. The zero-order valence-corrected chi connectivity index (χ0v) is 19.4. The quantitative estimate of drug-likeness (QED) is 0.198. The van der Waals surface area contributed by atoms with Crippen LogP contribution in [0.25, 0.3) is 0 Å². The first-order valence-electron chi connectivity index (χ1n) is 10.6. The third kappa shape index (κ3) is 6.29. The lowest BCUT2D eigenvalue weighted by molar-refractivity contribution is -0.384. The number of ether oxygens (including phenoxy) is 1. The molecular formula is C25H27N5O3. The van der Waals surface area contributed by atoms with Crippen LogP contribution in [0.1, 0.15) is 30.5 Å². The topological polar surface area (TPSA) is 102 Å². The number of nitro benzene ring substituents is 1. The molecule has 0 aliphatic carbocycles. The van der Waals surface area contributed by atoms with Crippen LogP contribution >= 0.6 is 0 Å². The van der Waals surface area contributed by atoms with Gasteiger partial charge in [0.1, 0.15) is 11.4 Å². The summed E-state index contributed by atoms with van der Waals surface area (Å²) in [5.74, 6) is 1.07. The van der Waals surface area contributed by atoms with E-state index in [1.807, 2.05) is 19.1 Å². The molecule has 0 bridgehead atoms. The van der Waals surface area contributed by atoms with Crippen LogP contribution in [0.3, 0.4) is 0 Å². The lowest BCUT2D eigenvalue weighted by atomic mass is 10.0. The summed E-state index contributed by atoms with van der Waals surface area (Å²) in [5.41, 5.74) is 4.76. The number of aryl methyl sites for hydroxylation is 2. The Hall–Kier alpha value is -3.94. The van der Waals surface area contributed by atoms with Crippen LogP contribution < -0.4 is 4.74 Å². The largest absolute Gasteiger partial charge is 0.494 e. The molecule has 3 aromatic carbocycles. The fourth-order valence-electron chi connectivity index (χ4n) is 3.27. The summed E-state index contributed by atoms with van der Waals surface area (Å²) in [6.07, 6.45) is 1.02. The van der Waals surface area contributed by atoms with Gasteiger partial charge in [0, 0.05) is 12.1 Å². The first-order valence-corrected chi connectivity index (χ1v) is 10.6. The van der Waals surface area contributed by atoms with E-state index in [0.717, 1.165) is 23.2 Å². The maximum Gasteiger partial charge on any atom is 0.296 e. The summed E-state index contributed by atoms with van der Waals surface area (Å²) in [5, 5.41) is 28.3. The maximum atomic E-state index is 11.3. The van der Waals surface area contributed by atoms with Crippen molar-refractivity contribution in [3.05, 3.63) is 81.4 Å². The molecule has 0 heterocycles. The number of rotatable bonds is 8. The predicted octanol–water partition coefficient (Wildman–Crippen LogP) is 8.25. The smallest absolute Gasteiger partial charge is 0.296 e. The highest BCUT2D eigenvalue weighted by atomic mass is 16.6. The van der Waals surface area contributed by atoms with Gasteiger partial charge in [-0.05, 0) is 67.1 Å². The van der Waals surface area contributed by atoms with Crippen molar-refractivity contribution >= 4 is 28.4 Å². The molecule has 0 fully saturated rings. The number of nitro groups is 1. The Labute approximate surface area is 193 Å². The van der Waals surface area contributed by atoms with Gasteiger partial charge in [-0.15, -0.1) is 15.3 Å². The van der Waals surface area contributed by atoms with E-state index in [0.29, 0.717) is 23.0 Å². The Kier molecular flexibility index (Phi) is 7.61. The molecule has 8 nitrogen and oxygen atoms in total. The van der Waals surface area contributed by atoms with Gasteiger partial charge in [-0.25, -0.2) is 0 Å². The SMILES string of the molecule is COc1cc(N=Nc2ccc(C)cc2[N+](=O)[O-])c(C)cc1N=Nc1ccc(CC(C)C)cc1. The summed E-state index contributed by atoms with van der Waals surface area (Å²) in [6.45, 7) is 8.02. The van der Waals surface area contributed by atoms with E-state index in [4.69, 9.17) is 4.74 Å². The van der Waals surface area contributed by atoms with Crippen LogP contribution in [-0.2, 0) is 6.42 Å². The monoisotopic (exact) mass is 445 g/mol. The summed E-state index contributed by atoms with van der Waals surface area (Å²) in [4.78, 5) is 10.8. The second kappa shape index (κ2) is 10.6. The van der Waals surface area contributed by atoms with Gasteiger partial charge in [-0.1, -0.05) is 32.0 Å². The zero-order valence-electron chi connectivity index (χ0n) is 19.4. The Morgan fingerprint density at radius 3 is 2.18 bits per heavy atom. The van der Waals surface area contributed by atoms with Gasteiger partial charge in [-0.3, -0.25) is 10.1 Å². The van der Waals surface area contributed by atoms with Gasteiger partial charge < -0.3 is 4.74 Å². The molecule has 0 N–H and O–H groups in total. The van der Waals surface area contributed by atoms with Crippen molar-refractivity contribution < 1.29 is 9.66 Å². The first kappa shape index (κ1) is 23.7. The Morgan fingerprint density at radius 2 is 1.55 bits per heavy atom. The molecule has 0 saturated carbocycles. The van der Waals surface area contributed by atoms with Crippen molar-refractivity contribution in [2.75, 3.05) is 7.11 Å². The van der Waals surface area contributed by atoms with E-state index in [-0.39, 0.29) is 11.4 Å². The minimum absolute atomic E-state index is 0.0896. The predicted molar refractivity (Wildman–Crippen MR) is 129 cm³/mol. The fourth-order valence-corrected chi connectivity index (χ4v) is 3.27. The molecule has 0 aliphatic heterocycles. The number of methoxy groups -OCH3 is 1.